The number of nitrogens with one attached hydrogen (secondary N) is 1. The highest BCUT2D eigenvalue weighted by molar-refractivity contribution is 5.22. The fourth-order valence-electron chi connectivity index (χ4n) is 2.70. The first-order chi connectivity index (χ1) is 9.15. The molecule has 0 radical (unpaired) electrons. The molecule has 1 aliphatic heterocycles. The fraction of sp³-hybridized carbons (Fsp3) is 0.600. The van der Waals surface area contributed by atoms with Crippen LogP contribution in [0.5, 0.6) is 0 Å². The van der Waals surface area contributed by atoms with Crippen LogP contribution in [0.4, 0.5) is 8.78 Å². The van der Waals surface area contributed by atoms with E-state index in [1.165, 1.54) is 6.07 Å². The van der Waals surface area contributed by atoms with Crippen LogP contribution in [0, 0.1) is 17.6 Å². The summed E-state index contributed by atoms with van der Waals surface area (Å²) >= 11 is 0. The summed E-state index contributed by atoms with van der Waals surface area (Å²) in [5, 5.41) is 3.27. The number of rotatable bonds is 4. The van der Waals surface area contributed by atoms with Crippen molar-refractivity contribution in [3.63, 3.8) is 0 Å². The van der Waals surface area contributed by atoms with Gasteiger partial charge in [0.25, 0.3) is 0 Å². The van der Waals surface area contributed by atoms with Gasteiger partial charge in [-0.05, 0) is 24.1 Å². The smallest absolute Gasteiger partial charge is 0.129 e. The monoisotopic (exact) mass is 269 g/mol. The van der Waals surface area contributed by atoms with Crippen molar-refractivity contribution < 1.29 is 13.5 Å². The van der Waals surface area contributed by atoms with Gasteiger partial charge in [-0.25, -0.2) is 8.78 Å². The summed E-state index contributed by atoms with van der Waals surface area (Å²) < 4.78 is 33.0. The molecule has 0 amide bonds. The van der Waals surface area contributed by atoms with Crippen LogP contribution in [0.1, 0.15) is 38.4 Å². The van der Waals surface area contributed by atoms with Gasteiger partial charge in [0.05, 0.1) is 12.2 Å². The van der Waals surface area contributed by atoms with Crippen molar-refractivity contribution in [3.8, 4) is 0 Å². The Labute approximate surface area is 113 Å². The van der Waals surface area contributed by atoms with Crippen LogP contribution in [0.25, 0.3) is 0 Å². The zero-order chi connectivity index (χ0) is 13.8. The molecule has 2 unspecified atom stereocenters. The first-order valence-corrected chi connectivity index (χ1v) is 6.96. The molecular weight excluding hydrogens is 248 g/mol. The van der Waals surface area contributed by atoms with E-state index in [4.69, 9.17) is 4.74 Å². The lowest BCUT2D eigenvalue weighted by Crippen LogP contribution is -2.44. The van der Waals surface area contributed by atoms with Crippen LogP contribution in [0.3, 0.4) is 0 Å². The molecule has 2 rings (SSSR count). The third kappa shape index (κ3) is 3.31. The van der Waals surface area contributed by atoms with Crippen LogP contribution in [-0.2, 0) is 4.74 Å². The van der Waals surface area contributed by atoms with Gasteiger partial charge in [0, 0.05) is 18.7 Å². The summed E-state index contributed by atoms with van der Waals surface area (Å²) in [6, 6.07) is 3.53. The lowest BCUT2D eigenvalue weighted by molar-refractivity contribution is -0.0701. The zero-order valence-electron chi connectivity index (χ0n) is 11.5. The molecule has 0 aromatic heterocycles. The minimum atomic E-state index is -0.426. The van der Waals surface area contributed by atoms with Gasteiger partial charge in [0.1, 0.15) is 11.6 Å². The molecule has 0 saturated carbocycles. The highest BCUT2D eigenvalue weighted by Gasteiger charge is 2.29. The lowest BCUT2D eigenvalue weighted by Gasteiger charge is -2.35. The van der Waals surface area contributed by atoms with Gasteiger partial charge in [0.2, 0.25) is 0 Å². The minimum Gasteiger partial charge on any atom is -0.367 e. The van der Waals surface area contributed by atoms with Gasteiger partial charge in [0.15, 0.2) is 0 Å². The van der Waals surface area contributed by atoms with E-state index in [0.717, 1.165) is 31.5 Å². The molecule has 1 saturated heterocycles. The van der Waals surface area contributed by atoms with Crippen LogP contribution in [0.2, 0.25) is 0 Å². The predicted molar refractivity (Wildman–Crippen MR) is 70.9 cm³/mol. The summed E-state index contributed by atoms with van der Waals surface area (Å²) in [6.07, 6.45) is 1.72. The number of hydrogen-bond donors (Lipinski definition) is 1. The normalized spacial score (nSPS) is 23.8. The second-order valence-corrected chi connectivity index (χ2v) is 5.06. The Kier molecular flexibility index (Phi) is 4.88. The van der Waals surface area contributed by atoms with Gasteiger partial charge in [-0.1, -0.05) is 26.7 Å². The Morgan fingerprint density at radius 1 is 1.26 bits per heavy atom. The molecule has 2 nitrogen and oxygen atoms in total. The topological polar surface area (TPSA) is 21.3 Å². The maximum atomic E-state index is 13.8. The number of ether oxygens (including phenoxy) is 1. The van der Waals surface area contributed by atoms with Crippen molar-refractivity contribution in [1.82, 2.24) is 5.32 Å². The first kappa shape index (κ1) is 14.4. The number of halogens is 2. The summed E-state index contributed by atoms with van der Waals surface area (Å²) in [7, 11) is 0. The van der Waals surface area contributed by atoms with E-state index in [1.54, 1.807) is 0 Å². The Balaban J connectivity index is 2.14. The third-order valence-corrected chi connectivity index (χ3v) is 3.89. The predicted octanol–water partition coefficient (Wildman–Crippen LogP) is 3.43. The first-order valence-electron chi connectivity index (χ1n) is 6.96. The second kappa shape index (κ2) is 6.44. The molecule has 106 valence electrons. The van der Waals surface area contributed by atoms with Crippen molar-refractivity contribution in [2.45, 2.75) is 38.9 Å². The van der Waals surface area contributed by atoms with E-state index in [-0.39, 0.29) is 6.10 Å². The van der Waals surface area contributed by atoms with E-state index >= 15 is 0 Å². The lowest BCUT2D eigenvalue weighted by atomic mass is 9.94. The van der Waals surface area contributed by atoms with Gasteiger partial charge < -0.3 is 10.1 Å². The highest BCUT2D eigenvalue weighted by atomic mass is 19.1. The van der Waals surface area contributed by atoms with Crippen molar-refractivity contribution in [3.05, 3.63) is 35.4 Å². The van der Waals surface area contributed by atoms with Crippen LogP contribution in [0.15, 0.2) is 18.2 Å². The van der Waals surface area contributed by atoms with Crippen molar-refractivity contribution in [1.29, 1.82) is 0 Å². The fourth-order valence-corrected chi connectivity index (χ4v) is 2.70. The average molecular weight is 269 g/mol. The largest absolute Gasteiger partial charge is 0.367 e. The van der Waals surface area contributed by atoms with Gasteiger partial charge in [-0.2, -0.15) is 0 Å². The third-order valence-electron chi connectivity index (χ3n) is 3.89. The molecule has 1 N–H and O–H groups in total. The van der Waals surface area contributed by atoms with Gasteiger partial charge in [-0.3, -0.25) is 0 Å². The van der Waals surface area contributed by atoms with E-state index in [2.05, 4.69) is 19.2 Å². The van der Waals surface area contributed by atoms with Crippen LogP contribution >= 0.6 is 0 Å². The SMILES string of the molecule is CCC(CC)C1CNCC(c2cc(F)ccc2F)O1. The Morgan fingerprint density at radius 3 is 2.68 bits per heavy atom. The Bertz CT molecular complexity index is 421. The second-order valence-electron chi connectivity index (χ2n) is 5.06. The summed E-state index contributed by atoms with van der Waals surface area (Å²) in [6.45, 7) is 5.56. The van der Waals surface area contributed by atoms with E-state index in [1.807, 2.05) is 0 Å². The molecule has 1 aromatic rings. The molecule has 0 aliphatic carbocycles. The molecule has 19 heavy (non-hydrogen) atoms. The number of hydrogen-bond acceptors (Lipinski definition) is 2. The Morgan fingerprint density at radius 2 is 2.00 bits per heavy atom. The maximum absolute atomic E-state index is 13.8. The standard InChI is InChI=1S/C15H21F2NO/c1-3-10(4-2)14-8-18-9-15(19-14)12-7-11(16)5-6-13(12)17/h5-7,10,14-15,18H,3-4,8-9H2,1-2H3. The van der Waals surface area contributed by atoms with Crippen molar-refractivity contribution in [2.24, 2.45) is 5.92 Å². The molecule has 0 spiro atoms. The summed E-state index contributed by atoms with van der Waals surface area (Å²) in [4.78, 5) is 0. The minimum absolute atomic E-state index is 0.0661. The number of benzene rings is 1. The van der Waals surface area contributed by atoms with Crippen molar-refractivity contribution >= 4 is 0 Å². The molecule has 2 atom stereocenters. The summed E-state index contributed by atoms with van der Waals surface area (Å²) in [5.74, 6) is -0.380. The quantitative estimate of drug-likeness (QED) is 0.904. The van der Waals surface area contributed by atoms with Crippen LogP contribution < -0.4 is 5.32 Å². The van der Waals surface area contributed by atoms with Gasteiger partial charge in [-0.15, -0.1) is 0 Å². The summed E-state index contributed by atoms with van der Waals surface area (Å²) in [5.41, 5.74) is 0.308. The van der Waals surface area contributed by atoms with Gasteiger partial charge >= 0.3 is 0 Å². The molecule has 1 heterocycles. The van der Waals surface area contributed by atoms with E-state index < -0.39 is 17.7 Å². The molecule has 1 fully saturated rings. The van der Waals surface area contributed by atoms with E-state index in [0.29, 0.717) is 18.0 Å². The van der Waals surface area contributed by atoms with Crippen molar-refractivity contribution in [2.75, 3.05) is 13.1 Å². The molecular formula is C15H21F2NO. The maximum Gasteiger partial charge on any atom is 0.129 e. The zero-order valence-corrected chi connectivity index (χ0v) is 11.5. The van der Waals surface area contributed by atoms with E-state index in [9.17, 15) is 8.78 Å². The average Bonchev–Trinajstić information content (AvgIpc) is 2.43. The molecule has 0 bridgehead atoms. The molecule has 1 aromatic carbocycles. The van der Waals surface area contributed by atoms with Crippen LogP contribution in [-0.4, -0.2) is 19.2 Å². The molecule has 4 heteroatoms. The Hall–Kier alpha value is -1.00. The molecule has 1 aliphatic rings. The number of morpholine rings is 1. The highest BCUT2D eigenvalue weighted by Crippen LogP contribution is 2.28.